The molecule has 0 unspecified atom stereocenters. The van der Waals surface area contributed by atoms with Crippen LogP contribution in [0.4, 0.5) is 0 Å². The molecule has 1 heterocycles. The Balaban J connectivity index is 1.98. The fourth-order valence-corrected chi connectivity index (χ4v) is 2.12. The lowest BCUT2D eigenvalue weighted by atomic mass is 10.0. The highest BCUT2D eigenvalue weighted by molar-refractivity contribution is 6.03. The molecule has 0 radical (unpaired) electrons. The Bertz CT molecular complexity index is 734. The van der Waals surface area contributed by atoms with E-state index in [2.05, 4.69) is 39.5 Å². The van der Waals surface area contributed by atoms with Gasteiger partial charge in [0, 0.05) is 5.56 Å². The average molecular weight is 266 g/mol. The van der Waals surface area contributed by atoms with Gasteiger partial charge in [-0.15, -0.1) is 0 Å². The van der Waals surface area contributed by atoms with Crippen LogP contribution in [0.2, 0.25) is 0 Å². The molecule has 0 fully saturated rings. The maximum Gasteiger partial charge on any atom is 0.137 e. The Labute approximate surface area is 116 Å². The van der Waals surface area contributed by atoms with Crippen molar-refractivity contribution < 1.29 is 4.84 Å². The molecule has 20 heavy (non-hydrogen) atoms. The van der Waals surface area contributed by atoms with Crippen LogP contribution in [0.1, 0.15) is 5.56 Å². The van der Waals surface area contributed by atoms with Gasteiger partial charge in [-0.05, 0) is 16.8 Å². The van der Waals surface area contributed by atoms with E-state index < -0.39 is 0 Å². The molecule has 1 aromatic heterocycles. The monoisotopic (exact) mass is 266 g/mol. The van der Waals surface area contributed by atoms with E-state index >= 15 is 0 Å². The van der Waals surface area contributed by atoms with Crippen molar-refractivity contribution in [2.45, 2.75) is 6.54 Å². The summed E-state index contributed by atoms with van der Waals surface area (Å²) in [5.74, 6) is 0. The first-order valence-electron chi connectivity index (χ1n) is 6.28. The molecule has 0 atom stereocenters. The average Bonchev–Trinajstić information content (AvgIpc) is 2.99. The maximum atomic E-state index is 4.95. The van der Waals surface area contributed by atoms with E-state index in [9.17, 15) is 0 Å². The van der Waals surface area contributed by atoms with Gasteiger partial charge in [-0.1, -0.05) is 41.6 Å². The van der Waals surface area contributed by atoms with E-state index in [1.165, 1.54) is 17.1 Å². The summed E-state index contributed by atoms with van der Waals surface area (Å²) in [4.78, 5) is 8.88. The third-order valence-corrected chi connectivity index (χ3v) is 3.06. The zero-order valence-corrected chi connectivity index (χ0v) is 11.1. The van der Waals surface area contributed by atoms with E-state index in [-0.39, 0.29) is 0 Å². The van der Waals surface area contributed by atoms with Crippen molar-refractivity contribution in [2.24, 2.45) is 5.16 Å². The van der Waals surface area contributed by atoms with Gasteiger partial charge in [0.25, 0.3) is 0 Å². The molecule has 0 bridgehead atoms. The zero-order chi connectivity index (χ0) is 13.8. The number of fused-ring (bicyclic) bond motifs is 1. The van der Waals surface area contributed by atoms with E-state index in [1.54, 1.807) is 18.1 Å². The number of hydrogen-bond donors (Lipinski definition) is 0. The van der Waals surface area contributed by atoms with Crippen LogP contribution in [-0.4, -0.2) is 27.6 Å². The van der Waals surface area contributed by atoms with Gasteiger partial charge >= 0.3 is 0 Å². The van der Waals surface area contributed by atoms with Gasteiger partial charge in [0.2, 0.25) is 0 Å². The number of benzene rings is 2. The molecule has 0 saturated carbocycles. The first-order valence-corrected chi connectivity index (χ1v) is 6.28. The molecule has 0 spiro atoms. The van der Waals surface area contributed by atoms with Gasteiger partial charge in [-0.2, -0.15) is 5.10 Å². The Morgan fingerprint density at radius 2 is 2.05 bits per heavy atom. The third-order valence-electron chi connectivity index (χ3n) is 3.06. The minimum Gasteiger partial charge on any atom is -0.399 e. The smallest absolute Gasteiger partial charge is 0.137 e. The van der Waals surface area contributed by atoms with E-state index in [0.29, 0.717) is 6.54 Å². The molecule has 3 rings (SSSR count). The minimum atomic E-state index is 0.520. The molecule has 0 aliphatic heterocycles. The van der Waals surface area contributed by atoms with Crippen LogP contribution in [0.25, 0.3) is 10.8 Å². The topological polar surface area (TPSA) is 52.3 Å². The van der Waals surface area contributed by atoms with Crippen molar-refractivity contribution in [1.29, 1.82) is 0 Å². The second kappa shape index (κ2) is 5.52. The van der Waals surface area contributed by atoms with Crippen LogP contribution in [0.15, 0.2) is 60.3 Å². The highest BCUT2D eigenvalue weighted by Crippen LogP contribution is 2.16. The van der Waals surface area contributed by atoms with Crippen LogP contribution in [-0.2, 0) is 11.4 Å². The molecule has 0 saturated heterocycles. The van der Waals surface area contributed by atoms with Gasteiger partial charge in [-0.25, -0.2) is 9.67 Å². The molecular formula is C15H14N4O. The molecule has 2 aromatic carbocycles. The predicted molar refractivity (Wildman–Crippen MR) is 77.5 cm³/mol. The lowest BCUT2D eigenvalue weighted by molar-refractivity contribution is 0.212. The first kappa shape index (κ1) is 12.3. The van der Waals surface area contributed by atoms with Crippen molar-refractivity contribution >= 4 is 16.5 Å². The van der Waals surface area contributed by atoms with Crippen molar-refractivity contribution in [2.75, 3.05) is 7.11 Å². The molecule has 0 amide bonds. The van der Waals surface area contributed by atoms with Gasteiger partial charge in [0.1, 0.15) is 25.5 Å². The molecule has 3 aromatic rings. The van der Waals surface area contributed by atoms with Crippen LogP contribution in [0, 0.1) is 0 Å². The summed E-state index contributed by atoms with van der Waals surface area (Å²) < 4.78 is 1.72. The number of rotatable bonds is 4. The second-order valence-corrected chi connectivity index (χ2v) is 4.38. The van der Waals surface area contributed by atoms with Crippen LogP contribution >= 0.6 is 0 Å². The van der Waals surface area contributed by atoms with E-state index in [0.717, 1.165) is 11.3 Å². The van der Waals surface area contributed by atoms with Crippen LogP contribution < -0.4 is 0 Å². The lowest BCUT2D eigenvalue weighted by Crippen LogP contribution is -2.12. The Morgan fingerprint density at radius 3 is 2.80 bits per heavy atom. The molecule has 0 aliphatic carbocycles. The fraction of sp³-hybridized carbons (Fsp3) is 0.133. The van der Waals surface area contributed by atoms with E-state index in [4.69, 9.17) is 4.84 Å². The van der Waals surface area contributed by atoms with Crippen molar-refractivity contribution in [3.05, 3.63) is 60.7 Å². The Morgan fingerprint density at radius 1 is 1.20 bits per heavy atom. The number of nitrogens with zero attached hydrogens (tertiary/aromatic N) is 4. The van der Waals surface area contributed by atoms with Crippen molar-refractivity contribution in [3.63, 3.8) is 0 Å². The number of hydrogen-bond acceptors (Lipinski definition) is 4. The minimum absolute atomic E-state index is 0.520. The van der Waals surface area contributed by atoms with Crippen molar-refractivity contribution in [3.8, 4) is 0 Å². The standard InChI is InChI=1S/C15H14N4O/c1-20-18-15(9-19-11-16-10-17-19)14-7-6-12-4-2-3-5-13(12)8-14/h2-8,10-11H,9H2,1H3/b18-15+. The quantitative estimate of drug-likeness (QED) is 0.538. The first-order chi connectivity index (χ1) is 9.86. The molecular weight excluding hydrogens is 252 g/mol. The number of aromatic nitrogens is 3. The fourth-order valence-electron chi connectivity index (χ4n) is 2.12. The SMILES string of the molecule is CO/N=C(\Cn1cncn1)c1ccc2ccccc2c1. The molecule has 100 valence electrons. The molecule has 0 aliphatic rings. The van der Waals surface area contributed by atoms with Gasteiger partial charge in [0.05, 0.1) is 6.54 Å². The van der Waals surface area contributed by atoms with Crippen LogP contribution in [0.3, 0.4) is 0 Å². The highest BCUT2D eigenvalue weighted by atomic mass is 16.6. The second-order valence-electron chi connectivity index (χ2n) is 4.38. The number of oxime groups is 1. The van der Waals surface area contributed by atoms with Gasteiger partial charge < -0.3 is 4.84 Å². The third kappa shape index (κ3) is 2.51. The summed E-state index contributed by atoms with van der Waals surface area (Å²) in [7, 11) is 1.54. The normalized spacial score (nSPS) is 11.8. The van der Waals surface area contributed by atoms with Gasteiger partial charge in [0.15, 0.2) is 0 Å². The molecule has 5 nitrogen and oxygen atoms in total. The van der Waals surface area contributed by atoms with Gasteiger partial charge in [-0.3, -0.25) is 0 Å². The molecule has 0 N–H and O–H groups in total. The summed E-state index contributed by atoms with van der Waals surface area (Å²) >= 11 is 0. The maximum absolute atomic E-state index is 4.95. The lowest BCUT2D eigenvalue weighted by Gasteiger charge is -2.07. The molecule has 5 heteroatoms. The zero-order valence-electron chi connectivity index (χ0n) is 11.1. The predicted octanol–water partition coefficient (Wildman–Crippen LogP) is 2.48. The van der Waals surface area contributed by atoms with E-state index in [1.807, 2.05) is 18.2 Å². The Hall–Kier alpha value is -2.69. The summed E-state index contributed by atoms with van der Waals surface area (Å²) in [6.07, 6.45) is 3.16. The summed E-state index contributed by atoms with van der Waals surface area (Å²) in [5, 5.41) is 10.6. The highest BCUT2D eigenvalue weighted by Gasteiger charge is 2.07. The summed E-state index contributed by atoms with van der Waals surface area (Å²) in [5.41, 5.74) is 1.82. The summed E-state index contributed by atoms with van der Waals surface area (Å²) in [6.45, 7) is 0.520. The van der Waals surface area contributed by atoms with Crippen molar-refractivity contribution in [1.82, 2.24) is 14.8 Å². The summed E-state index contributed by atoms with van der Waals surface area (Å²) in [6, 6.07) is 14.4. The largest absolute Gasteiger partial charge is 0.399 e. The Kier molecular flexibility index (Phi) is 3.41. The van der Waals surface area contributed by atoms with Crippen LogP contribution in [0.5, 0.6) is 0 Å².